The summed E-state index contributed by atoms with van der Waals surface area (Å²) in [6.45, 7) is 12.8. The van der Waals surface area contributed by atoms with Crippen molar-refractivity contribution in [3.8, 4) is 0 Å². The van der Waals surface area contributed by atoms with Gasteiger partial charge in [-0.15, -0.1) is 0 Å². The molecular weight excluding hydrogens is 284 g/mol. The average Bonchev–Trinajstić information content (AvgIpc) is 2.34. The van der Waals surface area contributed by atoms with E-state index in [1.54, 1.807) is 0 Å². The highest BCUT2D eigenvalue weighted by Gasteiger charge is 2.18. The van der Waals surface area contributed by atoms with Gasteiger partial charge in [-0.05, 0) is 67.2 Å². The van der Waals surface area contributed by atoms with Crippen LogP contribution in [0.3, 0.4) is 0 Å². The van der Waals surface area contributed by atoms with E-state index < -0.39 is 17.2 Å². The van der Waals surface area contributed by atoms with E-state index in [1.165, 1.54) is 5.57 Å². The van der Waals surface area contributed by atoms with Gasteiger partial charge in [0.25, 0.3) is 0 Å². The normalized spacial score (nSPS) is 16.3. The van der Waals surface area contributed by atoms with Gasteiger partial charge in [0.1, 0.15) is 6.23 Å². The van der Waals surface area contributed by atoms with E-state index in [0.717, 1.165) is 32.2 Å². The lowest BCUT2D eigenvalue weighted by Crippen LogP contribution is -2.36. The van der Waals surface area contributed by atoms with Crippen LogP contribution in [0.15, 0.2) is 11.6 Å². The van der Waals surface area contributed by atoms with Crippen molar-refractivity contribution in [2.24, 2.45) is 0 Å². The highest BCUT2D eigenvalue weighted by Crippen LogP contribution is 2.09. The van der Waals surface area contributed by atoms with E-state index in [9.17, 15) is 9.32 Å². The van der Waals surface area contributed by atoms with Crippen molar-refractivity contribution in [2.45, 2.75) is 84.2 Å². The van der Waals surface area contributed by atoms with E-state index in [1.807, 2.05) is 20.8 Å². The zero-order valence-corrected chi connectivity index (χ0v) is 15.3. The van der Waals surface area contributed by atoms with Crippen LogP contribution >= 0.6 is 0 Å². The fraction of sp³-hybridized carbons (Fsp3) is 0.875. The Labute approximate surface area is 133 Å². The summed E-state index contributed by atoms with van der Waals surface area (Å²) in [6.07, 6.45) is 5.21. The molecule has 126 valence electrons. The van der Waals surface area contributed by atoms with Crippen LogP contribution in [-0.4, -0.2) is 32.9 Å². The van der Waals surface area contributed by atoms with Crippen LogP contribution in [0.25, 0.3) is 0 Å². The molecule has 0 aliphatic carbocycles. The highest BCUT2D eigenvalue weighted by atomic mass is 32.2. The minimum atomic E-state index is -1.00. The number of hydrogen-bond acceptors (Lipinski definition) is 3. The Morgan fingerprint density at radius 1 is 1.29 bits per heavy atom. The van der Waals surface area contributed by atoms with Crippen LogP contribution < -0.4 is 10.0 Å². The standard InChI is InChI=1S/C16H34N2O2S/c1-13(2)10-11-14(3)18-15(19)9-7-8-12-17-21(20)16(4,5)6/h10,14-15,17-19H,7-9,11-12H2,1-6H3. The zero-order chi connectivity index (χ0) is 16.5. The number of rotatable bonds is 10. The summed E-state index contributed by atoms with van der Waals surface area (Å²) in [4.78, 5) is 0. The maximum absolute atomic E-state index is 11.8. The van der Waals surface area contributed by atoms with E-state index in [2.05, 4.69) is 36.9 Å². The number of nitrogens with one attached hydrogen (secondary N) is 2. The van der Waals surface area contributed by atoms with Gasteiger partial charge in [0.05, 0.1) is 15.7 Å². The van der Waals surface area contributed by atoms with Crippen molar-refractivity contribution in [2.75, 3.05) is 6.54 Å². The first-order valence-corrected chi connectivity index (χ1v) is 9.00. The summed E-state index contributed by atoms with van der Waals surface area (Å²) in [5.41, 5.74) is 1.30. The molecule has 0 radical (unpaired) electrons. The van der Waals surface area contributed by atoms with Crippen LogP contribution in [-0.2, 0) is 11.0 Å². The fourth-order valence-corrected chi connectivity index (χ4v) is 2.50. The van der Waals surface area contributed by atoms with Crippen LogP contribution in [0.4, 0.5) is 0 Å². The van der Waals surface area contributed by atoms with Crippen molar-refractivity contribution in [1.82, 2.24) is 10.0 Å². The van der Waals surface area contributed by atoms with Gasteiger partial charge >= 0.3 is 0 Å². The molecule has 0 spiro atoms. The van der Waals surface area contributed by atoms with Crippen LogP contribution in [0.1, 0.15) is 67.2 Å². The number of aliphatic hydroxyl groups is 1. The molecule has 3 N–H and O–H groups in total. The summed E-state index contributed by atoms with van der Waals surface area (Å²) in [5, 5.41) is 13.1. The van der Waals surface area contributed by atoms with Gasteiger partial charge in [-0.1, -0.05) is 11.6 Å². The summed E-state index contributed by atoms with van der Waals surface area (Å²) >= 11 is 0. The molecule has 3 atom stereocenters. The number of allylic oxidation sites excluding steroid dienone is 1. The van der Waals surface area contributed by atoms with E-state index >= 15 is 0 Å². The zero-order valence-electron chi connectivity index (χ0n) is 14.5. The molecule has 0 aromatic heterocycles. The Morgan fingerprint density at radius 2 is 1.90 bits per heavy atom. The van der Waals surface area contributed by atoms with Crippen molar-refractivity contribution in [1.29, 1.82) is 0 Å². The minimum absolute atomic E-state index is 0.221. The molecular formula is C16H34N2O2S. The smallest absolute Gasteiger partial charge is 0.105 e. The van der Waals surface area contributed by atoms with Crippen molar-refractivity contribution < 1.29 is 9.32 Å². The lowest BCUT2D eigenvalue weighted by Gasteiger charge is -2.19. The highest BCUT2D eigenvalue weighted by molar-refractivity contribution is 7.84. The third-order valence-corrected chi connectivity index (χ3v) is 4.63. The Bertz CT molecular complexity index is 334. The van der Waals surface area contributed by atoms with Gasteiger partial charge in [0.2, 0.25) is 0 Å². The molecule has 0 rings (SSSR count). The number of unbranched alkanes of at least 4 members (excludes halogenated alkanes) is 1. The Morgan fingerprint density at radius 3 is 2.43 bits per heavy atom. The fourth-order valence-electron chi connectivity index (χ4n) is 1.74. The van der Waals surface area contributed by atoms with Crippen molar-refractivity contribution in [3.05, 3.63) is 11.6 Å². The molecule has 0 amide bonds. The topological polar surface area (TPSA) is 61.4 Å². The third-order valence-electron chi connectivity index (χ3n) is 3.05. The predicted octanol–water partition coefficient (Wildman–Crippen LogP) is 2.86. The first-order chi connectivity index (χ1) is 9.62. The van der Waals surface area contributed by atoms with Crippen molar-refractivity contribution in [3.63, 3.8) is 0 Å². The summed E-state index contributed by atoms with van der Waals surface area (Å²) in [7, 11) is -1.00. The second kappa shape index (κ2) is 10.5. The van der Waals surface area contributed by atoms with Crippen LogP contribution in [0.5, 0.6) is 0 Å². The Balaban J connectivity index is 3.69. The van der Waals surface area contributed by atoms with Gasteiger partial charge in [-0.2, -0.15) is 0 Å². The number of hydrogen-bond donors (Lipinski definition) is 3. The lowest BCUT2D eigenvalue weighted by molar-refractivity contribution is 0.113. The maximum atomic E-state index is 11.8. The quantitative estimate of drug-likeness (QED) is 0.330. The molecule has 0 aliphatic rings. The molecule has 0 saturated heterocycles. The molecule has 4 nitrogen and oxygen atoms in total. The summed E-state index contributed by atoms with van der Waals surface area (Å²) in [5.74, 6) is 0. The Kier molecular flexibility index (Phi) is 10.4. The maximum Gasteiger partial charge on any atom is 0.105 e. The third kappa shape index (κ3) is 12.0. The summed E-state index contributed by atoms with van der Waals surface area (Å²) in [6, 6.07) is 0.279. The largest absolute Gasteiger partial charge is 0.379 e. The lowest BCUT2D eigenvalue weighted by atomic mass is 10.1. The molecule has 0 aromatic carbocycles. The van der Waals surface area contributed by atoms with E-state index in [0.29, 0.717) is 0 Å². The molecule has 0 bridgehead atoms. The first-order valence-electron chi connectivity index (χ1n) is 7.85. The van der Waals surface area contributed by atoms with Gasteiger partial charge in [-0.25, -0.2) is 8.93 Å². The van der Waals surface area contributed by atoms with Gasteiger partial charge in [-0.3, -0.25) is 5.32 Å². The average molecular weight is 319 g/mol. The molecule has 0 saturated carbocycles. The molecule has 0 fully saturated rings. The molecule has 0 heterocycles. The van der Waals surface area contributed by atoms with E-state index in [-0.39, 0.29) is 10.8 Å². The first kappa shape index (κ1) is 20.8. The summed E-state index contributed by atoms with van der Waals surface area (Å²) < 4.78 is 14.6. The molecule has 5 heteroatoms. The molecule has 3 unspecified atom stereocenters. The predicted molar refractivity (Wildman–Crippen MR) is 92.4 cm³/mol. The Hall–Kier alpha value is -0.230. The second-order valence-corrected chi connectivity index (χ2v) is 8.92. The monoisotopic (exact) mass is 318 g/mol. The number of aliphatic hydroxyl groups excluding tert-OH is 1. The molecule has 0 aliphatic heterocycles. The van der Waals surface area contributed by atoms with Gasteiger partial charge < -0.3 is 5.11 Å². The van der Waals surface area contributed by atoms with Crippen molar-refractivity contribution >= 4 is 11.0 Å². The minimum Gasteiger partial charge on any atom is -0.379 e. The SMILES string of the molecule is CC(C)=CCC(C)NC(O)CCCCNS(=O)C(C)(C)C. The van der Waals surface area contributed by atoms with Crippen LogP contribution in [0.2, 0.25) is 0 Å². The van der Waals surface area contributed by atoms with Gasteiger partial charge in [0, 0.05) is 12.6 Å². The molecule has 21 heavy (non-hydrogen) atoms. The van der Waals surface area contributed by atoms with E-state index in [4.69, 9.17) is 0 Å². The van der Waals surface area contributed by atoms with Crippen LogP contribution in [0, 0.1) is 0 Å². The molecule has 0 aromatic rings. The van der Waals surface area contributed by atoms with Gasteiger partial charge in [0.15, 0.2) is 0 Å². The second-order valence-electron chi connectivity index (χ2n) is 6.87.